The molecule has 0 bridgehead atoms. The van der Waals surface area contributed by atoms with E-state index < -0.39 is 0 Å². The van der Waals surface area contributed by atoms with E-state index in [0.717, 1.165) is 38.7 Å². The maximum atomic E-state index is 12.0. The number of rotatable bonds is 3. The summed E-state index contributed by atoms with van der Waals surface area (Å²) in [6.07, 6.45) is 4.41. The van der Waals surface area contributed by atoms with Crippen LogP contribution in [0.1, 0.15) is 32.1 Å². The Balaban J connectivity index is 1.86. The number of nitrogens with two attached hydrogens (primary N) is 1. The highest BCUT2D eigenvalue weighted by atomic mass is 16.5. The van der Waals surface area contributed by atoms with E-state index in [-0.39, 0.29) is 29.7 Å². The fourth-order valence-corrected chi connectivity index (χ4v) is 2.72. The molecular formula is C12H20N2O3. The molecule has 0 aromatic rings. The molecule has 3 N–H and O–H groups in total. The molecule has 5 heteroatoms. The van der Waals surface area contributed by atoms with E-state index >= 15 is 0 Å². The second-order valence-electron chi connectivity index (χ2n) is 4.97. The first-order valence-corrected chi connectivity index (χ1v) is 6.36. The minimum atomic E-state index is -0.298. The summed E-state index contributed by atoms with van der Waals surface area (Å²) < 4.78 is 5.29. The van der Waals surface area contributed by atoms with E-state index in [0.29, 0.717) is 6.61 Å². The highest BCUT2D eigenvalue weighted by Crippen LogP contribution is 2.26. The first kappa shape index (κ1) is 12.4. The fourth-order valence-electron chi connectivity index (χ4n) is 2.72. The second kappa shape index (κ2) is 5.49. The van der Waals surface area contributed by atoms with E-state index in [9.17, 15) is 9.59 Å². The van der Waals surface area contributed by atoms with Crippen molar-refractivity contribution in [2.24, 2.45) is 17.6 Å². The molecule has 5 nitrogen and oxygen atoms in total. The summed E-state index contributed by atoms with van der Waals surface area (Å²) in [6, 6.07) is -0.0677. The SMILES string of the molecule is NC(=O)[C@@H]1CCC[C@@H]1NC(=O)[C@@H]1CCCOC1. The number of ether oxygens (including phenoxy) is 1. The van der Waals surface area contributed by atoms with Crippen LogP contribution in [-0.4, -0.2) is 31.1 Å². The number of carbonyl (C=O) groups excluding carboxylic acids is 2. The molecule has 2 fully saturated rings. The monoisotopic (exact) mass is 240 g/mol. The van der Waals surface area contributed by atoms with Crippen molar-refractivity contribution in [3.63, 3.8) is 0 Å². The largest absolute Gasteiger partial charge is 0.381 e. The summed E-state index contributed by atoms with van der Waals surface area (Å²) in [5.41, 5.74) is 5.33. The molecule has 3 atom stereocenters. The molecule has 2 amide bonds. The van der Waals surface area contributed by atoms with Crippen molar-refractivity contribution >= 4 is 11.8 Å². The highest BCUT2D eigenvalue weighted by Gasteiger charge is 2.34. The number of primary amides is 1. The predicted octanol–water partition coefficient (Wildman–Crippen LogP) is 0.183. The molecule has 1 saturated carbocycles. The van der Waals surface area contributed by atoms with Crippen molar-refractivity contribution in [1.82, 2.24) is 5.32 Å². The smallest absolute Gasteiger partial charge is 0.225 e. The Morgan fingerprint density at radius 2 is 2.00 bits per heavy atom. The molecule has 2 rings (SSSR count). The van der Waals surface area contributed by atoms with Crippen LogP contribution in [0.15, 0.2) is 0 Å². The zero-order valence-corrected chi connectivity index (χ0v) is 9.98. The highest BCUT2D eigenvalue weighted by molar-refractivity contribution is 5.82. The van der Waals surface area contributed by atoms with Crippen LogP contribution in [0.2, 0.25) is 0 Å². The molecule has 1 aliphatic carbocycles. The molecule has 0 unspecified atom stereocenters. The fraction of sp³-hybridized carbons (Fsp3) is 0.833. The maximum absolute atomic E-state index is 12.0. The summed E-state index contributed by atoms with van der Waals surface area (Å²) in [6.45, 7) is 1.25. The van der Waals surface area contributed by atoms with Gasteiger partial charge in [0, 0.05) is 12.6 Å². The minimum absolute atomic E-state index is 0.0165. The van der Waals surface area contributed by atoms with Gasteiger partial charge >= 0.3 is 0 Å². The molecule has 1 heterocycles. The standard InChI is InChI=1S/C12H20N2O3/c13-11(15)9-4-1-5-10(9)14-12(16)8-3-2-6-17-7-8/h8-10H,1-7H2,(H2,13,15)(H,14,16)/t8-,9-,10+/m1/s1. The van der Waals surface area contributed by atoms with E-state index in [2.05, 4.69) is 5.32 Å². The zero-order valence-electron chi connectivity index (χ0n) is 9.98. The zero-order chi connectivity index (χ0) is 12.3. The van der Waals surface area contributed by atoms with Gasteiger partial charge in [0.1, 0.15) is 0 Å². The lowest BCUT2D eigenvalue weighted by molar-refractivity contribution is -0.130. The van der Waals surface area contributed by atoms with Crippen molar-refractivity contribution in [1.29, 1.82) is 0 Å². The molecule has 2 aliphatic rings. The summed E-state index contributed by atoms with van der Waals surface area (Å²) in [5, 5.41) is 2.96. The average molecular weight is 240 g/mol. The van der Waals surface area contributed by atoms with Gasteiger partial charge in [-0.25, -0.2) is 0 Å². The van der Waals surface area contributed by atoms with Crippen LogP contribution in [0.5, 0.6) is 0 Å². The molecule has 17 heavy (non-hydrogen) atoms. The molecule has 0 aromatic carbocycles. The Morgan fingerprint density at radius 1 is 1.18 bits per heavy atom. The predicted molar refractivity (Wildman–Crippen MR) is 62.0 cm³/mol. The van der Waals surface area contributed by atoms with Crippen LogP contribution in [0.4, 0.5) is 0 Å². The van der Waals surface area contributed by atoms with Crippen molar-refractivity contribution in [2.75, 3.05) is 13.2 Å². The van der Waals surface area contributed by atoms with Crippen LogP contribution in [0.25, 0.3) is 0 Å². The molecule has 0 spiro atoms. The number of hydrogen-bond acceptors (Lipinski definition) is 3. The normalized spacial score (nSPS) is 33.3. The van der Waals surface area contributed by atoms with Gasteiger partial charge in [0.15, 0.2) is 0 Å². The lowest BCUT2D eigenvalue weighted by Crippen LogP contribution is -2.46. The van der Waals surface area contributed by atoms with Gasteiger partial charge in [0.05, 0.1) is 18.4 Å². The molecule has 1 aliphatic heterocycles. The van der Waals surface area contributed by atoms with Crippen molar-refractivity contribution in [3.05, 3.63) is 0 Å². The number of carbonyl (C=O) groups is 2. The summed E-state index contributed by atoms with van der Waals surface area (Å²) in [5.74, 6) is -0.531. The summed E-state index contributed by atoms with van der Waals surface area (Å²) in [4.78, 5) is 23.2. The van der Waals surface area contributed by atoms with E-state index in [1.54, 1.807) is 0 Å². The van der Waals surface area contributed by atoms with Crippen LogP contribution >= 0.6 is 0 Å². The van der Waals surface area contributed by atoms with E-state index in [4.69, 9.17) is 10.5 Å². The van der Waals surface area contributed by atoms with Crippen LogP contribution in [0, 0.1) is 11.8 Å². The third kappa shape index (κ3) is 2.97. The number of hydrogen-bond donors (Lipinski definition) is 2. The van der Waals surface area contributed by atoms with Gasteiger partial charge in [0.2, 0.25) is 11.8 Å². The Labute approximate surface area is 101 Å². The third-order valence-corrected chi connectivity index (χ3v) is 3.74. The van der Waals surface area contributed by atoms with E-state index in [1.807, 2.05) is 0 Å². The third-order valence-electron chi connectivity index (χ3n) is 3.74. The minimum Gasteiger partial charge on any atom is -0.381 e. The lowest BCUT2D eigenvalue weighted by atomic mass is 9.98. The van der Waals surface area contributed by atoms with Gasteiger partial charge in [-0.3, -0.25) is 9.59 Å². The molecule has 96 valence electrons. The molecular weight excluding hydrogens is 220 g/mol. The maximum Gasteiger partial charge on any atom is 0.225 e. The molecule has 0 aromatic heterocycles. The van der Waals surface area contributed by atoms with Gasteiger partial charge in [-0.15, -0.1) is 0 Å². The van der Waals surface area contributed by atoms with Gasteiger partial charge < -0.3 is 15.8 Å². The second-order valence-corrected chi connectivity index (χ2v) is 4.97. The van der Waals surface area contributed by atoms with E-state index in [1.165, 1.54) is 0 Å². The Kier molecular flexibility index (Phi) is 3.99. The first-order chi connectivity index (χ1) is 8.18. The summed E-state index contributed by atoms with van der Waals surface area (Å²) >= 11 is 0. The Hall–Kier alpha value is -1.10. The van der Waals surface area contributed by atoms with Crippen molar-refractivity contribution in [3.8, 4) is 0 Å². The van der Waals surface area contributed by atoms with Crippen LogP contribution < -0.4 is 11.1 Å². The Bertz CT molecular complexity index is 300. The number of amides is 2. The average Bonchev–Trinajstić information content (AvgIpc) is 2.78. The van der Waals surface area contributed by atoms with Crippen molar-refractivity contribution < 1.29 is 14.3 Å². The van der Waals surface area contributed by atoms with Gasteiger partial charge in [0.25, 0.3) is 0 Å². The molecule has 0 radical (unpaired) electrons. The number of nitrogens with one attached hydrogen (secondary N) is 1. The quantitative estimate of drug-likeness (QED) is 0.738. The molecule has 1 saturated heterocycles. The van der Waals surface area contributed by atoms with Gasteiger partial charge in [-0.2, -0.15) is 0 Å². The topological polar surface area (TPSA) is 81.4 Å². The lowest BCUT2D eigenvalue weighted by Gasteiger charge is -2.25. The van der Waals surface area contributed by atoms with Crippen molar-refractivity contribution in [2.45, 2.75) is 38.1 Å². The Morgan fingerprint density at radius 3 is 2.65 bits per heavy atom. The van der Waals surface area contributed by atoms with Crippen LogP contribution in [-0.2, 0) is 14.3 Å². The van der Waals surface area contributed by atoms with Gasteiger partial charge in [-0.1, -0.05) is 6.42 Å². The van der Waals surface area contributed by atoms with Crippen LogP contribution in [0.3, 0.4) is 0 Å². The van der Waals surface area contributed by atoms with Gasteiger partial charge in [-0.05, 0) is 25.7 Å². The summed E-state index contributed by atoms with van der Waals surface area (Å²) in [7, 11) is 0. The first-order valence-electron chi connectivity index (χ1n) is 6.36.